The van der Waals surface area contributed by atoms with Gasteiger partial charge in [0.2, 0.25) is 11.8 Å². The highest BCUT2D eigenvalue weighted by molar-refractivity contribution is 5.91. The summed E-state index contributed by atoms with van der Waals surface area (Å²) < 4.78 is 14.7. The number of halogens is 1. The van der Waals surface area contributed by atoms with Crippen molar-refractivity contribution in [2.24, 2.45) is 13.0 Å². The molecule has 1 aromatic carbocycles. The fourth-order valence-corrected chi connectivity index (χ4v) is 3.76. The zero-order valence-electron chi connectivity index (χ0n) is 17.9. The highest BCUT2D eigenvalue weighted by Gasteiger charge is 2.25. The quantitative estimate of drug-likeness (QED) is 0.755. The van der Waals surface area contributed by atoms with Crippen molar-refractivity contribution < 1.29 is 14.0 Å². The van der Waals surface area contributed by atoms with Gasteiger partial charge >= 0.3 is 0 Å². The van der Waals surface area contributed by atoms with Crippen LogP contribution in [0.3, 0.4) is 0 Å². The number of benzene rings is 1. The van der Waals surface area contributed by atoms with Gasteiger partial charge in [-0.25, -0.2) is 4.39 Å². The molecule has 1 N–H and O–H groups in total. The van der Waals surface area contributed by atoms with E-state index in [1.807, 2.05) is 30.8 Å². The lowest BCUT2D eigenvalue weighted by atomic mass is 9.93. The van der Waals surface area contributed by atoms with Gasteiger partial charge in [-0.2, -0.15) is 5.10 Å². The number of carbonyl (C=O) groups excluding carboxylic acids is 2. The van der Waals surface area contributed by atoms with Gasteiger partial charge in [0, 0.05) is 33.1 Å². The molecule has 2 heterocycles. The number of hydrogen-bond donors (Lipinski definition) is 1. The van der Waals surface area contributed by atoms with Crippen molar-refractivity contribution in [3.63, 3.8) is 0 Å². The molecule has 1 aromatic heterocycles. The average molecular weight is 416 g/mol. The Morgan fingerprint density at radius 2 is 1.90 bits per heavy atom. The van der Waals surface area contributed by atoms with E-state index in [0.717, 1.165) is 29.8 Å². The number of nitrogens with one attached hydrogen (secondary N) is 1. The van der Waals surface area contributed by atoms with Crippen molar-refractivity contribution in [3.8, 4) is 0 Å². The summed E-state index contributed by atoms with van der Waals surface area (Å²) in [6, 6.07) is 6.34. The first kappa shape index (κ1) is 22.0. The molecule has 1 saturated heterocycles. The van der Waals surface area contributed by atoms with Crippen molar-refractivity contribution in [1.29, 1.82) is 0 Å². The third kappa shape index (κ3) is 5.89. The summed E-state index contributed by atoms with van der Waals surface area (Å²) in [5.41, 5.74) is 2.65. The number of rotatable bonds is 7. The summed E-state index contributed by atoms with van der Waals surface area (Å²) in [4.78, 5) is 28.7. The first-order chi connectivity index (χ1) is 14.3. The summed E-state index contributed by atoms with van der Waals surface area (Å²) in [6.07, 6.45) is 3.78. The minimum atomic E-state index is -0.260. The Hall–Kier alpha value is -2.74. The van der Waals surface area contributed by atoms with Gasteiger partial charge < -0.3 is 10.2 Å². The number of aryl methyl sites for hydroxylation is 1. The fraction of sp³-hybridized carbons (Fsp3) is 0.500. The van der Waals surface area contributed by atoms with E-state index in [1.54, 1.807) is 23.0 Å². The lowest BCUT2D eigenvalue weighted by Crippen LogP contribution is -2.43. The summed E-state index contributed by atoms with van der Waals surface area (Å²) in [6.45, 7) is 4.18. The van der Waals surface area contributed by atoms with Gasteiger partial charge in [0.15, 0.2) is 0 Å². The molecule has 0 atom stereocenters. The van der Waals surface area contributed by atoms with Crippen molar-refractivity contribution in [3.05, 3.63) is 47.5 Å². The van der Waals surface area contributed by atoms with Crippen molar-refractivity contribution in [2.75, 3.05) is 32.0 Å². The SMILES string of the molecule is Cc1c(NC(=O)CC2CCN(C(=O)CN(C)Cc3ccc(F)cc3)CC2)cnn1C. The second kappa shape index (κ2) is 9.84. The van der Waals surface area contributed by atoms with Crippen LogP contribution in [0.1, 0.15) is 30.5 Å². The number of aromatic nitrogens is 2. The molecule has 0 radical (unpaired) electrons. The van der Waals surface area contributed by atoms with Gasteiger partial charge in [-0.1, -0.05) is 12.1 Å². The van der Waals surface area contributed by atoms with Crippen LogP contribution in [-0.2, 0) is 23.2 Å². The van der Waals surface area contributed by atoms with Crippen LogP contribution in [-0.4, -0.2) is 58.1 Å². The molecule has 0 bridgehead atoms. The molecule has 7 nitrogen and oxygen atoms in total. The predicted octanol–water partition coefficient (Wildman–Crippen LogP) is 2.57. The van der Waals surface area contributed by atoms with E-state index in [2.05, 4.69) is 10.4 Å². The molecule has 1 fully saturated rings. The van der Waals surface area contributed by atoms with Crippen molar-refractivity contribution >= 4 is 17.5 Å². The first-order valence-corrected chi connectivity index (χ1v) is 10.3. The molecule has 0 aliphatic carbocycles. The van der Waals surface area contributed by atoms with E-state index in [4.69, 9.17) is 0 Å². The summed E-state index contributed by atoms with van der Waals surface area (Å²) in [5, 5.41) is 7.07. The lowest BCUT2D eigenvalue weighted by molar-refractivity contribution is -0.133. The van der Waals surface area contributed by atoms with E-state index in [1.165, 1.54) is 12.1 Å². The van der Waals surface area contributed by atoms with Gasteiger partial charge in [-0.05, 0) is 50.4 Å². The Bertz CT molecular complexity index is 872. The Balaban J connectivity index is 1.39. The molecular formula is C22H30FN5O2. The summed E-state index contributed by atoms with van der Waals surface area (Å²) >= 11 is 0. The van der Waals surface area contributed by atoms with E-state index >= 15 is 0 Å². The standard InChI is InChI=1S/C22H30FN5O2/c1-16-20(13-24-27(16)3)25-21(29)12-17-8-10-28(11-9-17)22(30)15-26(2)14-18-4-6-19(23)7-5-18/h4-7,13,17H,8-12,14-15H2,1-3H3,(H,25,29). The first-order valence-electron chi connectivity index (χ1n) is 10.3. The maximum atomic E-state index is 13.0. The number of hydrogen-bond acceptors (Lipinski definition) is 4. The molecule has 8 heteroatoms. The Labute approximate surface area is 176 Å². The van der Waals surface area contributed by atoms with E-state index in [9.17, 15) is 14.0 Å². The van der Waals surface area contributed by atoms with Gasteiger partial charge in [-0.3, -0.25) is 19.2 Å². The zero-order chi connectivity index (χ0) is 21.7. The molecule has 1 aliphatic heterocycles. The summed E-state index contributed by atoms with van der Waals surface area (Å²) in [7, 11) is 3.73. The number of likely N-dealkylation sites (N-methyl/N-ethyl adjacent to an activating group) is 1. The molecule has 162 valence electrons. The number of likely N-dealkylation sites (tertiary alicyclic amines) is 1. The van der Waals surface area contributed by atoms with Crippen molar-refractivity contribution in [2.45, 2.75) is 32.7 Å². The maximum absolute atomic E-state index is 13.0. The fourth-order valence-electron chi connectivity index (χ4n) is 3.76. The van der Waals surface area contributed by atoms with Gasteiger partial charge in [0.25, 0.3) is 0 Å². The van der Waals surface area contributed by atoms with Gasteiger partial charge in [0.1, 0.15) is 5.82 Å². The smallest absolute Gasteiger partial charge is 0.236 e. The molecule has 30 heavy (non-hydrogen) atoms. The average Bonchev–Trinajstić information content (AvgIpc) is 3.02. The van der Waals surface area contributed by atoms with Gasteiger partial charge in [0.05, 0.1) is 24.1 Å². The molecule has 0 unspecified atom stereocenters. The second-order valence-electron chi connectivity index (χ2n) is 8.14. The van der Waals surface area contributed by atoms with Crippen LogP contribution in [0.4, 0.5) is 10.1 Å². The molecule has 2 aromatic rings. The molecular weight excluding hydrogens is 385 g/mol. The summed E-state index contributed by atoms with van der Waals surface area (Å²) in [5.74, 6) is 0.107. The molecule has 1 aliphatic rings. The third-order valence-electron chi connectivity index (χ3n) is 5.72. The van der Waals surface area contributed by atoms with Crippen LogP contribution in [0.5, 0.6) is 0 Å². The number of piperidine rings is 1. The van der Waals surface area contributed by atoms with Crippen LogP contribution >= 0.6 is 0 Å². The molecule has 3 rings (SSSR count). The van der Waals surface area contributed by atoms with Gasteiger partial charge in [-0.15, -0.1) is 0 Å². The predicted molar refractivity (Wildman–Crippen MR) is 113 cm³/mol. The van der Waals surface area contributed by atoms with Crippen molar-refractivity contribution in [1.82, 2.24) is 19.6 Å². The largest absolute Gasteiger partial charge is 0.342 e. The monoisotopic (exact) mass is 415 g/mol. The Morgan fingerprint density at radius 3 is 2.50 bits per heavy atom. The normalized spacial score (nSPS) is 14.9. The van der Waals surface area contributed by atoms with Crippen LogP contribution < -0.4 is 5.32 Å². The Kier molecular flexibility index (Phi) is 7.20. The maximum Gasteiger partial charge on any atom is 0.236 e. The highest BCUT2D eigenvalue weighted by Crippen LogP contribution is 2.22. The second-order valence-corrected chi connectivity index (χ2v) is 8.14. The minimum absolute atomic E-state index is 0.00472. The molecule has 0 spiro atoms. The highest BCUT2D eigenvalue weighted by atomic mass is 19.1. The zero-order valence-corrected chi connectivity index (χ0v) is 17.9. The number of carbonyl (C=O) groups is 2. The topological polar surface area (TPSA) is 70.5 Å². The van der Waals surface area contributed by atoms with E-state index < -0.39 is 0 Å². The van der Waals surface area contributed by atoms with Crippen LogP contribution in [0.2, 0.25) is 0 Å². The van der Waals surface area contributed by atoms with E-state index in [-0.39, 0.29) is 23.5 Å². The number of anilines is 1. The third-order valence-corrected chi connectivity index (χ3v) is 5.72. The van der Waals surface area contributed by atoms with E-state index in [0.29, 0.717) is 32.6 Å². The molecule has 0 saturated carbocycles. The number of amides is 2. The minimum Gasteiger partial charge on any atom is -0.342 e. The number of nitrogens with zero attached hydrogens (tertiary/aromatic N) is 4. The van der Waals surface area contributed by atoms with Crippen LogP contribution in [0, 0.1) is 18.7 Å². The molecule has 2 amide bonds. The van der Waals surface area contributed by atoms with Crippen LogP contribution in [0.15, 0.2) is 30.5 Å². The Morgan fingerprint density at radius 1 is 1.23 bits per heavy atom. The van der Waals surface area contributed by atoms with Crippen LogP contribution in [0.25, 0.3) is 0 Å². The lowest BCUT2D eigenvalue weighted by Gasteiger charge is -2.33.